The molecule has 1 aliphatic heterocycles. The Hall–Kier alpha value is -3.74. The summed E-state index contributed by atoms with van der Waals surface area (Å²) in [5, 5.41) is 16.3. The van der Waals surface area contributed by atoms with Gasteiger partial charge in [-0.25, -0.2) is 9.80 Å². The van der Waals surface area contributed by atoms with Crippen LogP contribution < -0.4 is 9.47 Å². The van der Waals surface area contributed by atoms with Gasteiger partial charge >= 0.3 is 5.97 Å². The summed E-state index contributed by atoms with van der Waals surface area (Å²) >= 11 is 0. The maximum absolute atomic E-state index is 12.3. The minimum Gasteiger partial charge on any atom is -0.505 e. The van der Waals surface area contributed by atoms with Crippen LogP contribution >= 0.6 is 0 Å². The zero-order chi connectivity index (χ0) is 21.0. The van der Waals surface area contributed by atoms with Gasteiger partial charge in [0.2, 0.25) is 0 Å². The van der Waals surface area contributed by atoms with Gasteiger partial charge in [-0.3, -0.25) is 0 Å². The number of fused-ring (bicyclic) bond motifs is 1. The molecule has 0 saturated carbocycles. The lowest BCUT2D eigenvalue weighted by Crippen LogP contribution is -2.28. The van der Waals surface area contributed by atoms with Gasteiger partial charge in [0.05, 0.1) is 19.9 Å². The Balaban J connectivity index is 2.07. The molecule has 1 heterocycles. The zero-order valence-electron chi connectivity index (χ0n) is 16.7. The van der Waals surface area contributed by atoms with Crippen LogP contribution in [0.2, 0.25) is 0 Å². The van der Waals surface area contributed by atoms with Crippen LogP contribution in [0.5, 0.6) is 17.2 Å². The van der Waals surface area contributed by atoms with E-state index in [1.54, 1.807) is 62.6 Å². The summed E-state index contributed by atoms with van der Waals surface area (Å²) in [6.07, 6.45) is 3.33. The first kappa shape index (κ1) is 20.0. The lowest BCUT2D eigenvalue weighted by atomic mass is 9.96. The Kier molecular flexibility index (Phi) is 5.87. The van der Waals surface area contributed by atoms with E-state index in [9.17, 15) is 9.90 Å². The fourth-order valence-electron chi connectivity index (χ4n) is 3.04. The molecule has 2 aromatic carbocycles. The van der Waals surface area contributed by atoms with E-state index < -0.39 is 5.97 Å². The molecule has 0 aliphatic carbocycles. The van der Waals surface area contributed by atoms with Crippen LogP contribution in [0.4, 0.5) is 0 Å². The average Bonchev–Trinajstić information content (AvgIpc) is 2.74. The number of carbonyl (C=O) groups is 1. The average molecular weight is 394 g/mol. The molecular weight excluding hydrogens is 372 g/mol. The molecule has 0 spiro atoms. The van der Waals surface area contributed by atoms with E-state index in [2.05, 4.69) is 5.10 Å². The second-order valence-corrected chi connectivity index (χ2v) is 6.03. The van der Waals surface area contributed by atoms with Crippen LogP contribution in [-0.4, -0.2) is 36.5 Å². The second kappa shape index (κ2) is 8.52. The summed E-state index contributed by atoms with van der Waals surface area (Å²) in [5.74, 6) is 1.05. The molecule has 0 saturated heterocycles. The van der Waals surface area contributed by atoms with Crippen molar-refractivity contribution in [2.45, 2.75) is 13.8 Å². The molecule has 1 aliphatic rings. The monoisotopic (exact) mass is 394 g/mol. The number of ether oxygens (including phenoxy) is 3. The Morgan fingerprint density at radius 1 is 1.00 bits per heavy atom. The van der Waals surface area contributed by atoms with Gasteiger partial charge in [-0.05, 0) is 56.3 Å². The fourth-order valence-corrected chi connectivity index (χ4v) is 3.04. The zero-order valence-corrected chi connectivity index (χ0v) is 16.7. The number of benzene rings is 2. The third-order valence-electron chi connectivity index (χ3n) is 4.36. The highest BCUT2D eigenvalue weighted by atomic mass is 16.5. The van der Waals surface area contributed by atoms with Crippen LogP contribution in [0.3, 0.4) is 0 Å². The van der Waals surface area contributed by atoms with Crippen molar-refractivity contribution in [3.8, 4) is 17.2 Å². The number of methoxy groups -OCH3 is 2. The molecule has 3 rings (SSSR count). The molecule has 2 aromatic rings. The molecule has 1 N–H and O–H groups in total. The van der Waals surface area contributed by atoms with Gasteiger partial charge in [0.15, 0.2) is 11.5 Å². The van der Waals surface area contributed by atoms with Gasteiger partial charge < -0.3 is 19.3 Å². The molecule has 0 unspecified atom stereocenters. The van der Waals surface area contributed by atoms with E-state index in [0.717, 1.165) is 5.75 Å². The van der Waals surface area contributed by atoms with Crippen LogP contribution in [0.15, 0.2) is 59.3 Å². The van der Waals surface area contributed by atoms with Crippen molar-refractivity contribution in [3.63, 3.8) is 0 Å². The van der Waals surface area contributed by atoms with Crippen molar-refractivity contribution in [3.05, 3.63) is 65.4 Å². The van der Waals surface area contributed by atoms with Gasteiger partial charge in [0.25, 0.3) is 0 Å². The molecule has 0 fully saturated rings. The number of aliphatic hydroxyl groups is 1. The highest BCUT2D eigenvalue weighted by molar-refractivity contribution is 6.01. The van der Waals surface area contributed by atoms with Crippen molar-refractivity contribution in [2.24, 2.45) is 5.10 Å². The van der Waals surface area contributed by atoms with E-state index in [-0.39, 0.29) is 11.5 Å². The number of nitrogens with zero attached hydrogens (tertiary/aromatic N) is 2. The summed E-state index contributed by atoms with van der Waals surface area (Å²) < 4.78 is 15.9. The van der Waals surface area contributed by atoms with Crippen LogP contribution in [0.25, 0.3) is 11.5 Å². The molecule has 0 amide bonds. The quantitative estimate of drug-likeness (QED) is 0.591. The lowest BCUT2D eigenvalue weighted by Gasteiger charge is -2.30. The summed E-state index contributed by atoms with van der Waals surface area (Å²) in [6.45, 7) is 3.55. The third-order valence-corrected chi connectivity index (χ3v) is 4.36. The first-order chi connectivity index (χ1) is 14.0. The van der Waals surface area contributed by atoms with Crippen molar-refractivity contribution < 1.29 is 24.1 Å². The van der Waals surface area contributed by atoms with Crippen molar-refractivity contribution in [1.29, 1.82) is 0 Å². The van der Waals surface area contributed by atoms with E-state index in [4.69, 9.17) is 14.2 Å². The number of esters is 1. The predicted octanol–water partition coefficient (Wildman–Crippen LogP) is 4.57. The summed E-state index contributed by atoms with van der Waals surface area (Å²) in [7, 11) is 2.86. The van der Waals surface area contributed by atoms with Crippen LogP contribution in [-0.2, 0) is 9.53 Å². The molecule has 0 bridgehead atoms. The molecule has 0 atom stereocenters. The van der Waals surface area contributed by atoms with Gasteiger partial charge in [-0.1, -0.05) is 6.08 Å². The van der Waals surface area contributed by atoms with E-state index in [1.165, 1.54) is 18.3 Å². The standard InChI is InChI=1S/C22H22N2O5/c1-5-19-18-13-16(29-15-9-7-14(27-3)8-10-15)11-12-17(18)21(25)20(22(26)28-4)24(19)23-6-2/h5-13,25H,1-4H3/b19-5+,23-6-. The minimum absolute atomic E-state index is 0.0463. The number of hydrogen-bond donors (Lipinski definition) is 1. The molecule has 29 heavy (non-hydrogen) atoms. The number of carbonyl (C=O) groups excluding carboxylic acids is 1. The largest absolute Gasteiger partial charge is 0.505 e. The van der Waals surface area contributed by atoms with Gasteiger partial charge in [-0.15, -0.1) is 0 Å². The maximum Gasteiger partial charge on any atom is 0.360 e. The molecule has 0 aromatic heterocycles. The van der Waals surface area contributed by atoms with Gasteiger partial charge in [0, 0.05) is 17.3 Å². The van der Waals surface area contributed by atoms with Crippen molar-refractivity contribution in [1.82, 2.24) is 5.01 Å². The van der Waals surface area contributed by atoms with E-state index in [0.29, 0.717) is 28.3 Å². The Morgan fingerprint density at radius 3 is 2.24 bits per heavy atom. The summed E-state index contributed by atoms with van der Waals surface area (Å²) in [4.78, 5) is 12.3. The molecule has 7 nitrogen and oxygen atoms in total. The number of hydrogen-bond acceptors (Lipinski definition) is 7. The first-order valence-electron chi connectivity index (χ1n) is 8.97. The summed E-state index contributed by atoms with van der Waals surface area (Å²) in [5.41, 5.74) is 1.74. The predicted molar refractivity (Wildman–Crippen MR) is 111 cm³/mol. The molecule has 7 heteroatoms. The van der Waals surface area contributed by atoms with E-state index in [1.807, 2.05) is 6.92 Å². The Bertz CT molecular complexity index is 1010. The number of rotatable bonds is 5. The molecular formula is C22H22N2O5. The molecule has 150 valence electrons. The summed E-state index contributed by atoms with van der Waals surface area (Å²) in [6, 6.07) is 12.4. The van der Waals surface area contributed by atoms with Crippen LogP contribution in [0, 0.1) is 0 Å². The van der Waals surface area contributed by atoms with E-state index >= 15 is 0 Å². The highest BCUT2D eigenvalue weighted by Gasteiger charge is 2.34. The fraction of sp³-hybridized carbons (Fsp3) is 0.182. The van der Waals surface area contributed by atoms with Crippen LogP contribution in [0.1, 0.15) is 25.0 Å². The van der Waals surface area contributed by atoms with Crippen molar-refractivity contribution >= 4 is 23.6 Å². The third kappa shape index (κ3) is 3.80. The number of aliphatic hydroxyl groups excluding tert-OH is 1. The van der Waals surface area contributed by atoms with Crippen molar-refractivity contribution in [2.75, 3.05) is 14.2 Å². The normalized spacial score (nSPS) is 14.9. The van der Waals surface area contributed by atoms with Gasteiger partial charge in [-0.2, -0.15) is 5.10 Å². The lowest BCUT2D eigenvalue weighted by molar-refractivity contribution is -0.137. The van der Waals surface area contributed by atoms with Gasteiger partial charge in [0.1, 0.15) is 17.2 Å². The second-order valence-electron chi connectivity index (χ2n) is 6.03. The first-order valence-corrected chi connectivity index (χ1v) is 8.97. The number of hydrazone groups is 1. The maximum atomic E-state index is 12.3. The smallest absolute Gasteiger partial charge is 0.360 e. The SMILES string of the molecule is C/C=N\N1C(C(=O)OC)=C(O)c2ccc(Oc3ccc(OC)cc3)cc2/C1=C\C. The molecule has 0 radical (unpaired) electrons. The topological polar surface area (TPSA) is 80.6 Å². The highest BCUT2D eigenvalue weighted by Crippen LogP contribution is 2.40. The Morgan fingerprint density at radius 2 is 1.66 bits per heavy atom. The Labute approximate surface area is 169 Å². The number of allylic oxidation sites excluding steroid dienone is 1. The minimum atomic E-state index is -0.684.